The third kappa shape index (κ3) is 4.13. The van der Waals surface area contributed by atoms with E-state index in [9.17, 15) is 14.4 Å². The Morgan fingerprint density at radius 2 is 1.77 bits per heavy atom. The SMILES string of the molecule is COc1ccccc1C(=O)NCC1(c2ccccc2)CCC(N2C(=O)CNC2=O)CC1. The van der Waals surface area contributed by atoms with Gasteiger partial charge in [0.25, 0.3) is 5.91 Å². The van der Waals surface area contributed by atoms with E-state index in [-0.39, 0.29) is 35.8 Å². The Labute approximate surface area is 181 Å². The van der Waals surface area contributed by atoms with Crippen LogP contribution >= 0.6 is 0 Å². The molecular weight excluding hydrogens is 394 g/mol. The highest BCUT2D eigenvalue weighted by atomic mass is 16.5. The number of rotatable bonds is 6. The average Bonchev–Trinajstić information content (AvgIpc) is 3.16. The molecule has 0 spiro atoms. The van der Waals surface area contributed by atoms with E-state index in [1.807, 2.05) is 30.3 Å². The van der Waals surface area contributed by atoms with Crippen molar-refractivity contribution in [1.29, 1.82) is 0 Å². The molecule has 31 heavy (non-hydrogen) atoms. The van der Waals surface area contributed by atoms with E-state index >= 15 is 0 Å². The Hall–Kier alpha value is -3.35. The van der Waals surface area contributed by atoms with Crippen LogP contribution in [0, 0.1) is 0 Å². The molecule has 2 fully saturated rings. The number of methoxy groups -OCH3 is 1. The van der Waals surface area contributed by atoms with Crippen molar-refractivity contribution in [3.05, 3.63) is 65.7 Å². The first-order valence-corrected chi connectivity index (χ1v) is 10.6. The highest BCUT2D eigenvalue weighted by molar-refractivity contribution is 6.02. The number of imide groups is 1. The lowest BCUT2D eigenvalue weighted by Gasteiger charge is -2.42. The molecule has 1 heterocycles. The normalized spacial score (nSPS) is 23.4. The number of nitrogens with one attached hydrogen (secondary N) is 2. The molecule has 1 aliphatic carbocycles. The van der Waals surface area contributed by atoms with Gasteiger partial charge in [-0.15, -0.1) is 0 Å². The van der Waals surface area contributed by atoms with Gasteiger partial charge in [0.15, 0.2) is 0 Å². The molecule has 162 valence electrons. The summed E-state index contributed by atoms with van der Waals surface area (Å²) in [7, 11) is 1.55. The number of amides is 4. The summed E-state index contributed by atoms with van der Waals surface area (Å²) in [5, 5.41) is 5.71. The van der Waals surface area contributed by atoms with Crippen LogP contribution in [0.4, 0.5) is 4.79 Å². The number of nitrogens with zero attached hydrogens (tertiary/aromatic N) is 1. The molecule has 0 aromatic heterocycles. The number of hydrogen-bond acceptors (Lipinski definition) is 4. The maximum Gasteiger partial charge on any atom is 0.324 e. The van der Waals surface area contributed by atoms with Crippen molar-refractivity contribution in [3.63, 3.8) is 0 Å². The van der Waals surface area contributed by atoms with E-state index in [0.717, 1.165) is 18.4 Å². The minimum Gasteiger partial charge on any atom is -0.496 e. The molecule has 0 unspecified atom stereocenters. The summed E-state index contributed by atoms with van der Waals surface area (Å²) in [6.45, 7) is 0.550. The number of para-hydroxylation sites is 1. The first kappa shape index (κ1) is 20.9. The highest BCUT2D eigenvalue weighted by Gasteiger charge is 2.42. The first-order chi connectivity index (χ1) is 15.0. The highest BCUT2D eigenvalue weighted by Crippen LogP contribution is 2.41. The van der Waals surface area contributed by atoms with Crippen molar-refractivity contribution >= 4 is 17.8 Å². The number of benzene rings is 2. The van der Waals surface area contributed by atoms with Gasteiger partial charge in [-0.2, -0.15) is 0 Å². The number of carbonyl (C=O) groups excluding carboxylic acids is 3. The molecule has 4 rings (SSSR count). The molecule has 2 aromatic carbocycles. The third-order valence-electron chi connectivity index (χ3n) is 6.48. The molecule has 0 atom stereocenters. The van der Waals surface area contributed by atoms with Crippen molar-refractivity contribution in [2.75, 3.05) is 20.2 Å². The Morgan fingerprint density at radius 3 is 2.42 bits per heavy atom. The summed E-state index contributed by atoms with van der Waals surface area (Å²) in [6, 6.07) is 16.9. The predicted octanol–water partition coefficient (Wildman–Crippen LogP) is 2.86. The predicted molar refractivity (Wildman–Crippen MR) is 116 cm³/mol. The summed E-state index contributed by atoms with van der Waals surface area (Å²) >= 11 is 0. The van der Waals surface area contributed by atoms with Crippen LogP contribution in [-0.2, 0) is 10.2 Å². The van der Waals surface area contributed by atoms with E-state index in [4.69, 9.17) is 4.74 Å². The quantitative estimate of drug-likeness (QED) is 0.702. The van der Waals surface area contributed by atoms with Crippen molar-refractivity contribution in [1.82, 2.24) is 15.5 Å². The Kier molecular flexibility index (Phi) is 5.93. The molecular formula is C24H27N3O4. The van der Waals surface area contributed by atoms with Crippen molar-refractivity contribution in [2.45, 2.75) is 37.1 Å². The Balaban J connectivity index is 1.51. The second-order valence-electron chi connectivity index (χ2n) is 8.18. The van der Waals surface area contributed by atoms with Gasteiger partial charge in [-0.3, -0.25) is 14.5 Å². The molecule has 4 amide bonds. The fraction of sp³-hybridized carbons (Fsp3) is 0.375. The molecule has 7 nitrogen and oxygen atoms in total. The molecule has 2 aromatic rings. The zero-order valence-electron chi connectivity index (χ0n) is 17.6. The zero-order chi connectivity index (χ0) is 21.8. The van der Waals surface area contributed by atoms with Gasteiger partial charge in [0, 0.05) is 18.0 Å². The summed E-state index contributed by atoms with van der Waals surface area (Å²) in [5.74, 6) is 0.201. The lowest BCUT2D eigenvalue weighted by Crippen LogP contribution is -2.49. The standard InChI is InChI=1S/C24H27N3O4/c1-31-20-10-6-5-9-19(20)22(29)26-16-24(17-7-3-2-4-8-17)13-11-18(12-14-24)27-21(28)15-25-23(27)30/h2-10,18H,11-16H2,1H3,(H,25,30)(H,26,29). The number of hydrogen-bond donors (Lipinski definition) is 2. The van der Waals surface area contributed by atoms with Crippen LogP contribution in [0.1, 0.15) is 41.6 Å². The van der Waals surface area contributed by atoms with Crippen LogP contribution in [-0.4, -0.2) is 49.0 Å². The zero-order valence-corrected chi connectivity index (χ0v) is 17.6. The monoisotopic (exact) mass is 421 g/mol. The summed E-state index contributed by atoms with van der Waals surface area (Å²) in [5.41, 5.74) is 1.40. The van der Waals surface area contributed by atoms with Gasteiger partial charge < -0.3 is 15.4 Å². The van der Waals surface area contributed by atoms with E-state index in [1.54, 1.807) is 19.2 Å². The maximum absolute atomic E-state index is 12.9. The number of ether oxygens (including phenoxy) is 1. The van der Waals surface area contributed by atoms with Gasteiger partial charge in [0.2, 0.25) is 5.91 Å². The summed E-state index contributed by atoms with van der Waals surface area (Å²) < 4.78 is 5.32. The summed E-state index contributed by atoms with van der Waals surface area (Å²) in [4.78, 5) is 38.5. The summed E-state index contributed by atoms with van der Waals surface area (Å²) in [6.07, 6.45) is 2.95. The second kappa shape index (κ2) is 8.79. The third-order valence-corrected chi connectivity index (χ3v) is 6.48. The van der Waals surface area contributed by atoms with Crippen LogP contribution in [0.25, 0.3) is 0 Å². The van der Waals surface area contributed by atoms with Gasteiger partial charge in [-0.05, 0) is 43.4 Å². The van der Waals surface area contributed by atoms with Gasteiger partial charge >= 0.3 is 6.03 Å². The van der Waals surface area contributed by atoms with Crippen LogP contribution in [0.2, 0.25) is 0 Å². The molecule has 2 N–H and O–H groups in total. The minimum absolute atomic E-state index is 0.0775. The van der Waals surface area contributed by atoms with Gasteiger partial charge in [-0.1, -0.05) is 42.5 Å². The van der Waals surface area contributed by atoms with E-state index in [1.165, 1.54) is 4.90 Å². The molecule has 1 saturated carbocycles. The van der Waals surface area contributed by atoms with E-state index in [2.05, 4.69) is 22.8 Å². The minimum atomic E-state index is -0.299. The molecule has 1 aliphatic heterocycles. The lowest BCUT2D eigenvalue weighted by molar-refractivity contribution is -0.127. The lowest BCUT2D eigenvalue weighted by atomic mass is 9.68. The Morgan fingerprint density at radius 1 is 1.10 bits per heavy atom. The number of urea groups is 1. The topological polar surface area (TPSA) is 87.7 Å². The average molecular weight is 421 g/mol. The van der Waals surface area contributed by atoms with Gasteiger partial charge in [0.1, 0.15) is 5.75 Å². The van der Waals surface area contributed by atoms with Crippen LogP contribution < -0.4 is 15.4 Å². The van der Waals surface area contributed by atoms with Crippen molar-refractivity contribution < 1.29 is 19.1 Å². The molecule has 0 radical (unpaired) electrons. The molecule has 7 heteroatoms. The van der Waals surface area contributed by atoms with Crippen LogP contribution in [0.3, 0.4) is 0 Å². The fourth-order valence-electron chi connectivity index (χ4n) is 4.75. The molecule has 1 saturated heterocycles. The van der Waals surface area contributed by atoms with Crippen LogP contribution in [0.5, 0.6) is 5.75 Å². The number of carbonyl (C=O) groups is 3. The van der Waals surface area contributed by atoms with Crippen molar-refractivity contribution in [3.8, 4) is 5.75 Å². The molecule has 2 aliphatic rings. The van der Waals surface area contributed by atoms with Gasteiger partial charge in [0.05, 0.1) is 19.2 Å². The fourth-order valence-corrected chi connectivity index (χ4v) is 4.75. The maximum atomic E-state index is 12.9. The van der Waals surface area contributed by atoms with Crippen LogP contribution in [0.15, 0.2) is 54.6 Å². The van der Waals surface area contributed by atoms with Gasteiger partial charge in [-0.25, -0.2) is 4.79 Å². The largest absolute Gasteiger partial charge is 0.496 e. The van der Waals surface area contributed by atoms with Crippen molar-refractivity contribution in [2.24, 2.45) is 0 Å². The molecule has 0 bridgehead atoms. The van der Waals surface area contributed by atoms with E-state index in [0.29, 0.717) is 30.7 Å². The smallest absolute Gasteiger partial charge is 0.324 e. The first-order valence-electron chi connectivity index (χ1n) is 10.6. The van der Waals surface area contributed by atoms with E-state index < -0.39 is 0 Å². The Bertz CT molecular complexity index is 952. The second-order valence-corrected chi connectivity index (χ2v) is 8.18.